The first-order valence-corrected chi connectivity index (χ1v) is 9.99. The van der Waals surface area contributed by atoms with Crippen LogP contribution in [0.3, 0.4) is 0 Å². The second-order valence-electron chi connectivity index (χ2n) is 6.23. The number of nitrogens with one attached hydrogen (secondary N) is 2. The summed E-state index contributed by atoms with van der Waals surface area (Å²) in [5.74, 6) is 0.613. The van der Waals surface area contributed by atoms with Crippen LogP contribution in [0.5, 0.6) is 0 Å². The van der Waals surface area contributed by atoms with Crippen LogP contribution in [0.25, 0.3) is 21.3 Å². The first kappa shape index (κ1) is 17.8. The number of rotatable bonds is 5. The topological polar surface area (TPSA) is 57.8 Å². The molecule has 2 aromatic carbocycles. The number of anilines is 1. The highest BCUT2D eigenvalue weighted by atomic mass is 35.5. The summed E-state index contributed by atoms with van der Waals surface area (Å²) in [6.07, 6.45) is 0.983. The van der Waals surface area contributed by atoms with Gasteiger partial charge in [0.25, 0.3) is 5.56 Å². The van der Waals surface area contributed by atoms with Gasteiger partial charge in [-0.2, -0.15) is 0 Å². The molecule has 0 aliphatic heterocycles. The zero-order valence-electron chi connectivity index (χ0n) is 14.8. The van der Waals surface area contributed by atoms with Crippen molar-refractivity contribution in [3.05, 3.63) is 80.7 Å². The van der Waals surface area contributed by atoms with E-state index in [2.05, 4.69) is 34.3 Å². The van der Waals surface area contributed by atoms with Crippen LogP contribution in [0.4, 0.5) is 5.69 Å². The summed E-state index contributed by atoms with van der Waals surface area (Å²) in [6, 6.07) is 15.8. The molecule has 0 atom stereocenters. The fourth-order valence-electron chi connectivity index (χ4n) is 3.04. The second-order valence-corrected chi connectivity index (χ2v) is 7.49. The lowest BCUT2D eigenvalue weighted by Crippen LogP contribution is -2.14. The molecule has 2 aromatic heterocycles. The fraction of sp³-hybridized carbons (Fsp3) is 0.143. The lowest BCUT2D eigenvalue weighted by molar-refractivity contribution is 0.956. The van der Waals surface area contributed by atoms with Gasteiger partial charge in [-0.25, -0.2) is 4.98 Å². The molecule has 4 rings (SSSR count). The minimum absolute atomic E-state index is 0.143. The number of aromatic nitrogens is 2. The average molecular weight is 396 g/mol. The molecule has 0 unspecified atom stereocenters. The van der Waals surface area contributed by atoms with Crippen molar-refractivity contribution >= 4 is 38.8 Å². The van der Waals surface area contributed by atoms with Gasteiger partial charge in [0.05, 0.1) is 11.9 Å². The van der Waals surface area contributed by atoms with Gasteiger partial charge in [-0.3, -0.25) is 4.79 Å². The Morgan fingerprint density at radius 3 is 2.81 bits per heavy atom. The summed E-state index contributed by atoms with van der Waals surface area (Å²) in [5, 5.41) is 6.48. The van der Waals surface area contributed by atoms with Crippen molar-refractivity contribution in [2.75, 3.05) is 5.32 Å². The van der Waals surface area contributed by atoms with E-state index in [9.17, 15) is 4.79 Å². The van der Waals surface area contributed by atoms with Gasteiger partial charge >= 0.3 is 0 Å². The third-order valence-electron chi connectivity index (χ3n) is 4.45. The number of hydrogen-bond acceptors (Lipinski definition) is 4. The summed E-state index contributed by atoms with van der Waals surface area (Å²) >= 11 is 7.76. The molecule has 0 aliphatic rings. The molecule has 4 nitrogen and oxygen atoms in total. The standard InChI is InChI=1S/C21H18ClN3OS/c1-2-13-6-5-7-14(10-13)23-11-18-24-20(26)19-16(12-27-21(19)25-18)15-8-3-4-9-17(15)22/h3-10,12,23H,2,11H2,1H3,(H,24,25,26). The van der Waals surface area contributed by atoms with Crippen LogP contribution in [0.15, 0.2) is 58.7 Å². The molecule has 0 amide bonds. The minimum atomic E-state index is -0.143. The Bertz CT molecular complexity index is 1170. The normalized spacial score (nSPS) is 11.0. The van der Waals surface area contributed by atoms with Crippen molar-refractivity contribution < 1.29 is 0 Å². The number of nitrogens with zero attached hydrogens (tertiary/aromatic N) is 1. The first-order valence-electron chi connectivity index (χ1n) is 8.74. The van der Waals surface area contributed by atoms with E-state index in [0.717, 1.165) is 23.2 Å². The number of H-pyrrole nitrogens is 1. The number of aromatic amines is 1. The van der Waals surface area contributed by atoms with E-state index < -0.39 is 0 Å². The Balaban J connectivity index is 1.65. The number of thiophene rings is 1. The lowest BCUT2D eigenvalue weighted by atomic mass is 10.1. The van der Waals surface area contributed by atoms with Crippen molar-refractivity contribution in [3.63, 3.8) is 0 Å². The minimum Gasteiger partial charge on any atom is -0.378 e. The highest BCUT2D eigenvalue weighted by Crippen LogP contribution is 2.34. The predicted molar refractivity (Wildman–Crippen MR) is 114 cm³/mol. The van der Waals surface area contributed by atoms with Crippen molar-refractivity contribution in [3.8, 4) is 11.1 Å². The van der Waals surface area contributed by atoms with E-state index in [1.807, 2.05) is 41.8 Å². The number of aryl methyl sites for hydroxylation is 1. The van der Waals surface area contributed by atoms with E-state index in [1.165, 1.54) is 16.9 Å². The molecule has 0 radical (unpaired) electrons. The van der Waals surface area contributed by atoms with E-state index in [0.29, 0.717) is 27.6 Å². The van der Waals surface area contributed by atoms with Gasteiger partial charge in [-0.05, 0) is 30.2 Å². The van der Waals surface area contributed by atoms with Crippen LogP contribution >= 0.6 is 22.9 Å². The molecular formula is C21H18ClN3OS. The Labute approximate surface area is 165 Å². The Morgan fingerprint density at radius 2 is 2.00 bits per heavy atom. The molecule has 0 bridgehead atoms. The highest BCUT2D eigenvalue weighted by Gasteiger charge is 2.14. The lowest BCUT2D eigenvalue weighted by Gasteiger charge is -2.08. The molecule has 0 saturated carbocycles. The zero-order chi connectivity index (χ0) is 18.8. The van der Waals surface area contributed by atoms with Crippen LogP contribution in [0.1, 0.15) is 18.3 Å². The van der Waals surface area contributed by atoms with Gasteiger partial charge < -0.3 is 10.3 Å². The number of fused-ring (bicyclic) bond motifs is 1. The third kappa shape index (κ3) is 3.61. The molecule has 136 valence electrons. The van der Waals surface area contributed by atoms with Crippen molar-refractivity contribution in [1.29, 1.82) is 0 Å². The molecule has 2 heterocycles. The molecule has 4 aromatic rings. The summed E-state index contributed by atoms with van der Waals surface area (Å²) in [5.41, 5.74) is 3.80. The zero-order valence-corrected chi connectivity index (χ0v) is 16.3. The largest absolute Gasteiger partial charge is 0.378 e. The van der Waals surface area contributed by atoms with Crippen molar-refractivity contribution in [1.82, 2.24) is 9.97 Å². The van der Waals surface area contributed by atoms with E-state index in [-0.39, 0.29) is 5.56 Å². The van der Waals surface area contributed by atoms with Crippen LogP contribution in [0, 0.1) is 0 Å². The third-order valence-corrected chi connectivity index (χ3v) is 5.65. The van der Waals surface area contributed by atoms with Crippen LogP contribution in [-0.2, 0) is 13.0 Å². The molecule has 27 heavy (non-hydrogen) atoms. The molecular weight excluding hydrogens is 378 g/mol. The van der Waals surface area contributed by atoms with Crippen LogP contribution < -0.4 is 10.9 Å². The molecule has 0 fully saturated rings. The number of benzene rings is 2. The maximum atomic E-state index is 12.7. The van der Waals surface area contributed by atoms with Gasteiger partial charge in [0.15, 0.2) is 0 Å². The van der Waals surface area contributed by atoms with Crippen molar-refractivity contribution in [2.45, 2.75) is 19.9 Å². The monoisotopic (exact) mass is 395 g/mol. The maximum absolute atomic E-state index is 12.7. The summed E-state index contributed by atoms with van der Waals surface area (Å²) < 4.78 is 0. The SMILES string of the molecule is CCc1cccc(NCc2nc3scc(-c4ccccc4Cl)c3c(=O)[nH]2)c1. The fourth-order valence-corrected chi connectivity index (χ4v) is 4.24. The van der Waals surface area contributed by atoms with E-state index >= 15 is 0 Å². The number of hydrogen-bond donors (Lipinski definition) is 2. The highest BCUT2D eigenvalue weighted by molar-refractivity contribution is 7.17. The molecule has 0 saturated heterocycles. The van der Waals surface area contributed by atoms with E-state index in [1.54, 1.807) is 0 Å². The first-order chi connectivity index (χ1) is 13.2. The quantitative estimate of drug-likeness (QED) is 0.470. The Morgan fingerprint density at radius 1 is 1.15 bits per heavy atom. The van der Waals surface area contributed by atoms with Gasteiger partial charge in [0.1, 0.15) is 10.7 Å². The van der Waals surface area contributed by atoms with Crippen molar-refractivity contribution in [2.24, 2.45) is 0 Å². The Kier molecular flexibility index (Phi) is 4.97. The van der Waals surface area contributed by atoms with Crippen LogP contribution in [-0.4, -0.2) is 9.97 Å². The number of halogens is 1. The summed E-state index contributed by atoms with van der Waals surface area (Å²) in [6.45, 7) is 2.58. The molecule has 2 N–H and O–H groups in total. The Hall–Kier alpha value is -2.63. The second kappa shape index (κ2) is 7.55. The maximum Gasteiger partial charge on any atom is 0.260 e. The van der Waals surface area contributed by atoms with Gasteiger partial charge in [-0.1, -0.05) is 48.9 Å². The predicted octanol–water partition coefficient (Wildman–Crippen LogP) is 5.48. The van der Waals surface area contributed by atoms with Gasteiger partial charge in [0.2, 0.25) is 0 Å². The van der Waals surface area contributed by atoms with Crippen LogP contribution in [0.2, 0.25) is 5.02 Å². The molecule has 0 spiro atoms. The molecule has 0 aliphatic carbocycles. The van der Waals surface area contributed by atoms with Gasteiger partial charge in [-0.15, -0.1) is 11.3 Å². The average Bonchev–Trinajstić information content (AvgIpc) is 3.11. The summed E-state index contributed by atoms with van der Waals surface area (Å²) in [7, 11) is 0. The molecule has 6 heteroatoms. The smallest absolute Gasteiger partial charge is 0.260 e. The summed E-state index contributed by atoms with van der Waals surface area (Å²) in [4.78, 5) is 21.0. The van der Waals surface area contributed by atoms with E-state index in [4.69, 9.17) is 11.6 Å². The van der Waals surface area contributed by atoms with Gasteiger partial charge in [0, 0.05) is 27.2 Å².